The number of hydrogen-bond acceptors (Lipinski definition) is 3. The fraction of sp³-hybridized carbons (Fsp3) is 0.583. The highest BCUT2D eigenvalue weighted by Crippen LogP contribution is 2.19. The number of ether oxygens (including phenoxy) is 1. The molecule has 16 heavy (non-hydrogen) atoms. The first kappa shape index (κ1) is 11.5. The number of hydrogen-bond donors (Lipinski definition) is 1. The van der Waals surface area contributed by atoms with Gasteiger partial charge in [0.2, 0.25) is 0 Å². The fourth-order valence-electron chi connectivity index (χ4n) is 2.00. The molecule has 1 aromatic rings. The van der Waals surface area contributed by atoms with Crippen LogP contribution in [-0.2, 0) is 11.3 Å². The Hall–Kier alpha value is -1.00. The van der Waals surface area contributed by atoms with Crippen LogP contribution in [0.15, 0.2) is 18.5 Å². The third-order valence-electron chi connectivity index (χ3n) is 3.03. The second-order valence-electron chi connectivity index (χ2n) is 4.27. The molecule has 0 aliphatic carbocycles. The van der Waals surface area contributed by atoms with Gasteiger partial charge in [0, 0.05) is 25.9 Å². The highest BCUT2D eigenvalue weighted by atomic mass is 19.1. The van der Waals surface area contributed by atoms with Crippen molar-refractivity contribution in [3.63, 3.8) is 0 Å². The van der Waals surface area contributed by atoms with Crippen LogP contribution in [0.1, 0.15) is 18.9 Å². The summed E-state index contributed by atoms with van der Waals surface area (Å²) in [5.41, 5.74) is 0.881. The van der Waals surface area contributed by atoms with Crippen molar-refractivity contribution in [2.75, 3.05) is 13.2 Å². The predicted octanol–water partition coefficient (Wildman–Crippen LogP) is 1.74. The Morgan fingerprint density at radius 1 is 1.56 bits per heavy atom. The Balaban J connectivity index is 1.75. The summed E-state index contributed by atoms with van der Waals surface area (Å²) in [6.07, 6.45) is 4.34. The molecule has 88 valence electrons. The van der Waals surface area contributed by atoms with E-state index in [4.69, 9.17) is 4.74 Å². The lowest BCUT2D eigenvalue weighted by atomic mass is 10.0. The molecule has 2 heterocycles. The lowest BCUT2D eigenvalue weighted by molar-refractivity contribution is 0.105. The number of halogens is 1. The van der Waals surface area contributed by atoms with Crippen molar-refractivity contribution in [1.29, 1.82) is 0 Å². The standard InChI is InChI=1S/C12H17FN2O/c1-9-11(2-3-16-9)7-14-5-10-4-12(13)8-15-6-10/h4,6,8-9,11,14H,2-3,5,7H2,1H3. The summed E-state index contributed by atoms with van der Waals surface area (Å²) in [7, 11) is 0. The van der Waals surface area contributed by atoms with Crippen molar-refractivity contribution < 1.29 is 9.13 Å². The molecule has 1 saturated heterocycles. The number of aromatic nitrogens is 1. The summed E-state index contributed by atoms with van der Waals surface area (Å²) >= 11 is 0. The second kappa shape index (κ2) is 5.37. The van der Waals surface area contributed by atoms with Gasteiger partial charge in [0.05, 0.1) is 12.3 Å². The molecule has 0 spiro atoms. The van der Waals surface area contributed by atoms with Crippen molar-refractivity contribution in [2.45, 2.75) is 26.0 Å². The molecule has 4 heteroatoms. The van der Waals surface area contributed by atoms with Gasteiger partial charge in [-0.25, -0.2) is 4.39 Å². The Morgan fingerprint density at radius 3 is 3.12 bits per heavy atom. The summed E-state index contributed by atoms with van der Waals surface area (Å²) in [4.78, 5) is 3.81. The minimum absolute atomic E-state index is 0.281. The smallest absolute Gasteiger partial charge is 0.141 e. The molecular formula is C12H17FN2O. The van der Waals surface area contributed by atoms with Gasteiger partial charge >= 0.3 is 0 Å². The SMILES string of the molecule is CC1OCCC1CNCc1cncc(F)c1. The highest BCUT2D eigenvalue weighted by molar-refractivity contribution is 5.09. The first-order valence-electron chi connectivity index (χ1n) is 5.67. The normalized spacial score (nSPS) is 24.9. The fourth-order valence-corrected chi connectivity index (χ4v) is 2.00. The summed E-state index contributed by atoms with van der Waals surface area (Å²) in [6.45, 7) is 4.53. The summed E-state index contributed by atoms with van der Waals surface area (Å²) in [5.74, 6) is 0.290. The topological polar surface area (TPSA) is 34.1 Å². The Bertz CT molecular complexity index is 346. The maximum absolute atomic E-state index is 12.8. The molecule has 0 saturated carbocycles. The van der Waals surface area contributed by atoms with Gasteiger partial charge in [0.15, 0.2) is 0 Å². The van der Waals surface area contributed by atoms with E-state index in [2.05, 4.69) is 17.2 Å². The van der Waals surface area contributed by atoms with E-state index < -0.39 is 0 Å². The average Bonchev–Trinajstić information content (AvgIpc) is 2.65. The highest BCUT2D eigenvalue weighted by Gasteiger charge is 2.23. The van der Waals surface area contributed by atoms with E-state index in [-0.39, 0.29) is 5.82 Å². The van der Waals surface area contributed by atoms with Crippen LogP contribution in [-0.4, -0.2) is 24.2 Å². The van der Waals surface area contributed by atoms with E-state index in [0.717, 1.165) is 25.1 Å². The zero-order chi connectivity index (χ0) is 11.4. The van der Waals surface area contributed by atoms with Crippen molar-refractivity contribution in [3.8, 4) is 0 Å². The zero-order valence-electron chi connectivity index (χ0n) is 9.45. The first-order valence-corrected chi connectivity index (χ1v) is 5.67. The molecule has 2 rings (SSSR count). The summed E-state index contributed by atoms with van der Waals surface area (Å²) < 4.78 is 18.3. The molecule has 2 atom stereocenters. The molecular weight excluding hydrogens is 207 g/mol. The summed E-state index contributed by atoms with van der Waals surface area (Å²) in [6, 6.07) is 1.51. The number of nitrogens with one attached hydrogen (secondary N) is 1. The van der Waals surface area contributed by atoms with Gasteiger partial charge in [-0.1, -0.05) is 0 Å². The van der Waals surface area contributed by atoms with E-state index in [1.807, 2.05) is 0 Å². The van der Waals surface area contributed by atoms with Crippen LogP contribution in [0.5, 0.6) is 0 Å². The van der Waals surface area contributed by atoms with E-state index in [0.29, 0.717) is 18.6 Å². The second-order valence-corrected chi connectivity index (χ2v) is 4.27. The molecule has 1 aliphatic rings. The molecule has 0 aromatic carbocycles. The van der Waals surface area contributed by atoms with Crippen molar-refractivity contribution in [3.05, 3.63) is 29.8 Å². The predicted molar refractivity (Wildman–Crippen MR) is 59.4 cm³/mol. The third kappa shape index (κ3) is 3.00. The minimum atomic E-state index is -0.281. The molecule has 0 bridgehead atoms. The van der Waals surface area contributed by atoms with Crippen LogP contribution >= 0.6 is 0 Å². The quantitative estimate of drug-likeness (QED) is 0.845. The van der Waals surface area contributed by atoms with Gasteiger partial charge in [-0.15, -0.1) is 0 Å². The van der Waals surface area contributed by atoms with Gasteiger partial charge in [0.1, 0.15) is 5.82 Å². The van der Waals surface area contributed by atoms with Crippen LogP contribution in [0.2, 0.25) is 0 Å². The molecule has 2 unspecified atom stereocenters. The minimum Gasteiger partial charge on any atom is -0.378 e. The van der Waals surface area contributed by atoms with Crippen LogP contribution in [0.3, 0.4) is 0 Å². The summed E-state index contributed by atoms with van der Waals surface area (Å²) in [5, 5.41) is 3.31. The first-order chi connectivity index (χ1) is 7.75. The van der Waals surface area contributed by atoms with Gasteiger partial charge in [-0.2, -0.15) is 0 Å². The lowest BCUT2D eigenvalue weighted by Gasteiger charge is -2.14. The van der Waals surface area contributed by atoms with Crippen molar-refractivity contribution >= 4 is 0 Å². The van der Waals surface area contributed by atoms with Crippen molar-refractivity contribution in [2.24, 2.45) is 5.92 Å². The monoisotopic (exact) mass is 224 g/mol. The van der Waals surface area contributed by atoms with Crippen LogP contribution < -0.4 is 5.32 Å². The Morgan fingerprint density at radius 2 is 2.44 bits per heavy atom. The molecule has 1 aromatic heterocycles. The van der Waals surface area contributed by atoms with Gasteiger partial charge < -0.3 is 10.1 Å². The number of nitrogens with zero attached hydrogens (tertiary/aromatic N) is 1. The molecule has 0 amide bonds. The molecule has 1 aliphatic heterocycles. The van der Waals surface area contributed by atoms with E-state index in [1.165, 1.54) is 12.3 Å². The van der Waals surface area contributed by atoms with E-state index in [9.17, 15) is 4.39 Å². The van der Waals surface area contributed by atoms with Gasteiger partial charge in [0.25, 0.3) is 0 Å². The molecule has 1 fully saturated rings. The average molecular weight is 224 g/mol. The maximum atomic E-state index is 12.8. The lowest BCUT2D eigenvalue weighted by Crippen LogP contribution is -2.26. The van der Waals surface area contributed by atoms with Crippen LogP contribution in [0.4, 0.5) is 4.39 Å². The molecule has 0 radical (unpaired) electrons. The largest absolute Gasteiger partial charge is 0.378 e. The van der Waals surface area contributed by atoms with Crippen LogP contribution in [0.25, 0.3) is 0 Å². The van der Waals surface area contributed by atoms with Crippen LogP contribution in [0, 0.1) is 11.7 Å². The molecule has 1 N–H and O–H groups in total. The van der Waals surface area contributed by atoms with Gasteiger partial charge in [-0.3, -0.25) is 4.98 Å². The molecule has 3 nitrogen and oxygen atoms in total. The maximum Gasteiger partial charge on any atom is 0.141 e. The number of pyridine rings is 1. The zero-order valence-corrected chi connectivity index (χ0v) is 9.45. The Kier molecular flexibility index (Phi) is 3.85. The van der Waals surface area contributed by atoms with E-state index >= 15 is 0 Å². The number of rotatable bonds is 4. The van der Waals surface area contributed by atoms with Crippen molar-refractivity contribution in [1.82, 2.24) is 10.3 Å². The van der Waals surface area contributed by atoms with E-state index in [1.54, 1.807) is 6.20 Å². The van der Waals surface area contributed by atoms with Gasteiger partial charge in [-0.05, 0) is 30.9 Å². The third-order valence-corrected chi connectivity index (χ3v) is 3.03. The Labute approximate surface area is 95.0 Å².